The Hall–Kier alpha value is -2.22. The fourth-order valence-electron chi connectivity index (χ4n) is 2.94. The average molecular weight is 349 g/mol. The molecule has 0 spiro atoms. The zero-order valence-corrected chi connectivity index (χ0v) is 14.2. The molecule has 24 heavy (non-hydrogen) atoms. The van der Waals surface area contributed by atoms with Gasteiger partial charge >= 0.3 is 0 Å². The molecular weight excluding hydrogens is 330 g/mol. The van der Waals surface area contributed by atoms with Crippen molar-refractivity contribution in [2.24, 2.45) is 0 Å². The third kappa shape index (κ3) is 3.48. The Morgan fingerprint density at radius 3 is 2.83 bits per heavy atom. The molecule has 0 saturated carbocycles. The van der Waals surface area contributed by atoms with Crippen LogP contribution < -0.4 is 5.56 Å². The maximum atomic E-state index is 12.3. The highest BCUT2D eigenvalue weighted by molar-refractivity contribution is 7.91. The minimum absolute atomic E-state index is 0.0281. The van der Waals surface area contributed by atoms with E-state index < -0.39 is 9.84 Å². The molecule has 0 radical (unpaired) electrons. The first-order valence-electron chi connectivity index (χ1n) is 7.80. The molecule has 1 fully saturated rings. The van der Waals surface area contributed by atoms with Gasteiger partial charge in [-0.3, -0.25) is 9.59 Å². The quantitative estimate of drug-likeness (QED) is 0.866. The summed E-state index contributed by atoms with van der Waals surface area (Å²) in [6, 6.07) is 6.77. The number of hydrogen-bond donors (Lipinski definition) is 1. The molecule has 8 heteroatoms. The van der Waals surface area contributed by atoms with Gasteiger partial charge in [-0.1, -0.05) is 12.1 Å². The van der Waals surface area contributed by atoms with Gasteiger partial charge in [0.05, 0.1) is 22.4 Å². The zero-order valence-electron chi connectivity index (χ0n) is 13.4. The Labute approximate surface area is 139 Å². The molecular formula is C16H19N3O4S. The molecule has 3 rings (SSSR count). The summed E-state index contributed by atoms with van der Waals surface area (Å²) in [5, 5.41) is 0.515. The minimum atomic E-state index is -3.02. The van der Waals surface area contributed by atoms with Gasteiger partial charge in [0.25, 0.3) is 5.56 Å². The molecule has 1 saturated heterocycles. The van der Waals surface area contributed by atoms with Crippen molar-refractivity contribution in [2.45, 2.75) is 25.3 Å². The molecule has 1 N–H and O–H groups in total. The topological polar surface area (TPSA) is 100 Å². The van der Waals surface area contributed by atoms with E-state index in [1.54, 1.807) is 31.3 Å². The second-order valence-corrected chi connectivity index (χ2v) is 8.32. The van der Waals surface area contributed by atoms with Crippen LogP contribution in [0.25, 0.3) is 10.9 Å². The van der Waals surface area contributed by atoms with Crippen molar-refractivity contribution in [3.8, 4) is 0 Å². The van der Waals surface area contributed by atoms with E-state index >= 15 is 0 Å². The number of carbonyl (C=O) groups is 1. The molecule has 0 bridgehead atoms. The Morgan fingerprint density at radius 2 is 2.12 bits per heavy atom. The van der Waals surface area contributed by atoms with Crippen molar-refractivity contribution >= 4 is 26.6 Å². The molecule has 1 aliphatic heterocycles. The Balaban J connectivity index is 1.67. The van der Waals surface area contributed by atoms with Gasteiger partial charge in [-0.15, -0.1) is 0 Å². The SMILES string of the molecule is CN(C(=O)CCc1nc2ccccc2c(=O)[nH]1)[C@H]1CCS(=O)(=O)C1. The molecule has 1 aromatic carbocycles. The number of hydrogen-bond acceptors (Lipinski definition) is 5. The lowest BCUT2D eigenvalue weighted by molar-refractivity contribution is -0.131. The van der Waals surface area contributed by atoms with Gasteiger partial charge in [0.15, 0.2) is 9.84 Å². The third-order valence-corrected chi connectivity index (χ3v) is 6.14. The number of amides is 1. The van der Waals surface area contributed by atoms with E-state index in [4.69, 9.17) is 0 Å². The van der Waals surface area contributed by atoms with Gasteiger partial charge in [-0.2, -0.15) is 0 Å². The van der Waals surface area contributed by atoms with Crippen LogP contribution in [0.3, 0.4) is 0 Å². The molecule has 0 aliphatic carbocycles. The maximum Gasteiger partial charge on any atom is 0.258 e. The van der Waals surface area contributed by atoms with Crippen LogP contribution in [0.5, 0.6) is 0 Å². The average Bonchev–Trinajstić information content (AvgIpc) is 2.92. The number of aromatic amines is 1. The smallest absolute Gasteiger partial charge is 0.258 e. The molecule has 1 aromatic heterocycles. The molecule has 2 aromatic rings. The number of H-pyrrole nitrogens is 1. The normalized spacial score (nSPS) is 19.5. The number of nitrogens with one attached hydrogen (secondary N) is 1. The second kappa shape index (κ2) is 6.35. The van der Waals surface area contributed by atoms with Crippen molar-refractivity contribution in [3.63, 3.8) is 0 Å². The highest BCUT2D eigenvalue weighted by Gasteiger charge is 2.32. The van der Waals surface area contributed by atoms with Gasteiger partial charge in [0, 0.05) is 25.9 Å². The van der Waals surface area contributed by atoms with Crippen LogP contribution in [0.1, 0.15) is 18.7 Å². The van der Waals surface area contributed by atoms with Crippen molar-refractivity contribution < 1.29 is 13.2 Å². The summed E-state index contributed by atoms with van der Waals surface area (Å²) in [6.07, 6.45) is 0.965. The van der Waals surface area contributed by atoms with Crippen molar-refractivity contribution in [2.75, 3.05) is 18.6 Å². The van der Waals surface area contributed by atoms with Gasteiger partial charge in [-0.25, -0.2) is 13.4 Å². The summed E-state index contributed by atoms with van der Waals surface area (Å²) >= 11 is 0. The predicted octanol–water partition coefficient (Wildman–Crippen LogP) is 0.501. The van der Waals surface area contributed by atoms with Crippen molar-refractivity contribution in [3.05, 3.63) is 40.4 Å². The molecule has 1 atom stereocenters. The Kier molecular flexibility index (Phi) is 4.40. The first-order chi connectivity index (χ1) is 11.4. The van der Waals surface area contributed by atoms with Crippen molar-refractivity contribution in [1.29, 1.82) is 0 Å². The first kappa shape index (κ1) is 16.6. The number of nitrogens with zero attached hydrogens (tertiary/aromatic N) is 2. The number of rotatable bonds is 4. The molecule has 7 nitrogen and oxygen atoms in total. The predicted molar refractivity (Wildman–Crippen MR) is 90.5 cm³/mol. The summed E-state index contributed by atoms with van der Waals surface area (Å²) < 4.78 is 23.0. The van der Waals surface area contributed by atoms with Gasteiger partial charge < -0.3 is 9.88 Å². The zero-order chi connectivity index (χ0) is 17.3. The largest absolute Gasteiger partial charge is 0.342 e. The lowest BCUT2D eigenvalue weighted by atomic mass is 10.2. The Morgan fingerprint density at radius 1 is 1.38 bits per heavy atom. The Bertz CT molecular complexity index is 936. The fraction of sp³-hybridized carbons (Fsp3) is 0.438. The minimum Gasteiger partial charge on any atom is -0.342 e. The standard InChI is InChI=1S/C16H19N3O4S/c1-19(11-8-9-24(22,23)10-11)15(20)7-6-14-17-13-5-3-2-4-12(13)16(21)18-14/h2-5,11H,6-10H2,1H3,(H,17,18,21)/t11-/m0/s1. The highest BCUT2D eigenvalue weighted by Crippen LogP contribution is 2.17. The number of carbonyl (C=O) groups excluding carboxylic acids is 1. The van der Waals surface area contributed by atoms with Crippen LogP contribution >= 0.6 is 0 Å². The molecule has 1 amide bonds. The molecule has 128 valence electrons. The first-order valence-corrected chi connectivity index (χ1v) is 9.62. The van der Waals surface area contributed by atoms with E-state index in [0.717, 1.165) is 0 Å². The number of benzene rings is 1. The van der Waals surface area contributed by atoms with Gasteiger partial charge in [0.1, 0.15) is 5.82 Å². The second-order valence-electron chi connectivity index (χ2n) is 6.09. The third-order valence-electron chi connectivity index (χ3n) is 4.39. The summed E-state index contributed by atoms with van der Waals surface area (Å²) in [7, 11) is -1.40. The van der Waals surface area contributed by atoms with Crippen LogP contribution in [0, 0.1) is 0 Å². The number of aromatic nitrogens is 2. The summed E-state index contributed by atoms with van der Waals surface area (Å²) in [5.74, 6) is 0.474. The summed E-state index contributed by atoms with van der Waals surface area (Å²) in [4.78, 5) is 32.8. The van der Waals surface area contributed by atoms with E-state index in [1.807, 2.05) is 0 Å². The molecule has 0 unspecified atom stereocenters. The monoisotopic (exact) mass is 349 g/mol. The fourth-order valence-corrected chi connectivity index (χ4v) is 4.71. The number of para-hydroxylation sites is 1. The van der Waals surface area contributed by atoms with E-state index in [-0.39, 0.29) is 35.4 Å². The van der Waals surface area contributed by atoms with Crippen LogP contribution in [0.15, 0.2) is 29.1 Å². The van der Waals surface area contributed by atoms with Crippen LogP contribution in [0.4, 0.5) is 0 Å². The summed E-state index contributed by atoms with van der Waals surface area (Å²) in [5.41, 5.74) is 0.372. The highest BCUT2D eigenvalue weighted by atomic mass is 32.2. The molecule has 1 aliphatic rings. The van der Waals surface area contributed by atoms with Crippen LogP contribution in [-0.4, -0.2) is 53.8 Å². The number of aryl methyl sites for hydroxylation is 1. The lowest BCUT2D eigenvalue weighted by Crippen LogP contribution is -2.38. The van der Waals surface area contributed by atoms with Gasteiger partial charge in [-0.05, 0) is 18.6 Å². The van der Waals surface area contributed by atoms with Crippen LogP contribution in [0.2, 0.25) is 0 Å². The maximum absolute atomic E-state index is 12.3. The number of sulfone groups is 1. The van der Waals surface area contributed by atoms with E-state index in [2.05, 4.69) is 9.97 Å². The molecule has 2 heterocycles. The lowest BCUT2D eigenvalue weighted by Gasteiger charge is -2.23. The van der Waals surface area contributed by atoms with E-state index in [1.165, 1.54) is 4.90 Å². The van der Waals surface area contributed by atoms with Gasteiger partial charge in [0.2, 0.25) is 5.91 Å². The summed E-state index contributed by atoms with van der Waals surface area (Å²) in [6.45, 7) is 0. The van der Waals surface area contributed by atoms with E-state index in [9.17, 15) is 18.0 Å². The van der Waals surface area contributed by atoms with E-state index in [0.29, 0.717) is 29.6 Å². The van der Waals surface area contributed by atoms with Crippen molar-refractivity contribution in [1.82, 2.24) is 14.9 Å². The number of fused-ring (bicyclic) bond motifs is 1. The van der Waals surface area contributed by atoms with Crippen LogP contribution in [-0.2, 0) is 21.1 Å².